The lowest BCUT2D eigenvalue weighted by Crippen LogP contribution is -2.39. The number of sulfonamides is 1. The van der Waals surface area contributed by atoms with E-state index in [1.807, 2.05) is 19.2 Å². The molecule has 20 heavy (non-hydrogen) atoms. The number of rotatable bonds is 6. The predicted molar refractivity (Wildman–Crippen MR) is 77.8 cm³/mol. The summed E-state index contributed by atoms with van der Waals surface area (Å²) in [6.45, 7) is 1.19. The second-order valence-electron chi connectivity index (χ2n) is 5.45. The van der Waals surface area contributed by atoms with Gasteiger partial charge in [-0.1, -0.05) is 12.1 Å². The Hall–Kier alpha value is -0.950. The fraction of sp³-hybridized carbons (Fsp3) is 0.571. The summed E-state index contributed by atoms with van der Waals surface area (Å²) in [5.41, 5.74) is 1.05. The Kier molecular flexibility index (Phi) is 4.80. The van der Waals surface area contributed by atoms with Gasteiger partial charge in [0.15, 0.2) is 0 Å². The lowest BCUT2D eigenvalue weighted by Gasteiger charge is -2.34. The predicted octanol–water partition coefficient (Wildman–Crippen LogP) is 0.797. The number of aliphatic hydroxyl groups excluding tert-OH is 1. The number of hydrogen-bond acceptors (Lipinski definition) is 4. The Labute approximate surface area is 120 Å². The van der Waals surface area contributed by atoms with Crippen LogP contribution in [0.5, 0.6) is 0 Å². The van der Waals surface area contributed by atoms with Crippen molar-refractivity contribution in [3.05, 3.63) is 29.8 Å². The minimum atomic E-state index is -3.43. The highest BCUT2D eigenvalue weighted by Gasteiger charge is 2.31. The zero-order chi connectivity index (χ0) is 14.8. The van der Waals surface area contributed by atoms with Crippen molar-refractivity contribution in [2.75, 3.05) is 20.6 Å². The second kappa shape index (κ2) is 6.22. The summed E-state index contributed by atoms with van der Waals surface area (Å²) in [6.07, 6.45) is 1.14. The molecular formula is C14H22N2O3S. The first-order valence-electron chi connectivity index (χ1n) is 6.81. The van der Waals surface area contributed by atoms with Crippen molar-refractivity contribution in [2.24, 2.45) is 5.92 Å². The van der Waals surface area contributed by atoms with Crippen LogP contribution in [0.1, 0.15) is 18.4 Å². The topological polar surface area (TPSA) is 69.6 Å². The maximum Gasteiger partial charge on any atom is 0.242 e. The van der Waals surface area contributed by atoms with Crippen LogP contribution in [0.3, 0.4) is 0 Å². The van der Waals surface area contributed by atoms with E-state index >= 15 is 0 Å². The van der Waals surface area contributed by atoms with Gasteiger partial charge in [0.25, 0.3) is 0 Å². The standard InChI is InChI=1S/C14H22N2O3S/c1-15-9-11-3-5-14(6-4-11)20(18,19)16(2)10-12-7-13(17)8-12/h3-6,12-13,15,17H,7-10H2,1-2H3. The quantitative estimate of drug-likeness (QED) is 0.815. The van der Waals surface area contributed by atoms with E-state index in [2.05, 4.69) is 5.32 Å². The van der Waals surface area contributed by atoms with Crippen LogP contribution in [-0.2, 0) is 16.6 Å². The van der Waals surface area contributed by atoms with Crippen LogP contribution < -0.4 is 5.32 Å². The maximum atomic E-state index is 12.4. The van der Waals surface area contributed by atoms with Crippen molar-refractivity contribution < 1.29 is 13.5 Å². The lowest BCUT2D eigenvalue weighted by molar-refractivity contribution is 0.0367. The van der Waals surface area contributed by atoms with E-state index in [1.54, 1.807) is 19.2 Å². The summed E-state index contributed by atoms with van der Waals surface area (Å²) in [5.74, 6) is 0.272. The summed E-state index contributed by atoms with van der Waals surface area (Å²) in [6, 6.07) is 6.94. The molecule has 6 heteroatoms. The number of nitrogens with zero attached hydrogens (tertiary/aromatic N) is 1. The molecular weight excluding hydrogens is 276 g/mol. The van der Waals surface area contributed by atoms with Gasteiger partial charge < -0.3 is 10.4 Å². The molecule has 1 aromatic rings. The SMILES string of the molecule is CNCc1ccc(S(=O)(=O)N(C)CC2CC(O)C2)cc1. The maximum absolute atomic E-state index is 12.4. The van der Waals surface area contributed by atoms with Crippen molar-refractivity contribution in [3.63, 3.8) is 0 Å². The minimum Gasteiger partial charge on any atom is -0.393 e. The average molecular weight is 298 g/mol. The van der Waals surface area contributed by atoms with E-state index < -0.39 is 10.0 Å². The Balaban J connectivity index is 2.04. The minimum absolute atomic E-state index is 0.253. The van der Waals surface area contributed by atoms with E-state index in [-0.39, 0.29) is 12.0 Å². The van der Waals surface area contributed by atoms with E-state index in [9.17, 15) is 13.5 Å². The number of aliphatic hydroxyl groups is 1. The molecule has 0 spiro atoms. The van der Waals surface area contributed by atoms with E-state index in [4.69, 9.17) is 0 Å². The molecule has 1 aromatic carbocycles. The van der Waals surface area contributed by atoms with E-state index in [0.717, 1.165) is 12.1 Å². The Bertz CT molecular complexity index is 536. The fourth-order valence-electron chi connectivity index (χ4n) is 2.47. The van der Waals surface area contributed by atoms with Crippen molar-refractivity contribution in [2.45, 2.75) is 30.4 Å². The molecule has 0 aliphatic heterocycles. The molecule has 1 aliphatic carbocycles. The molecule has 2 N–H and O–H groups in total. The summed E-state index contributed by atoms with van der Waals surface area (Å²) in [4.78, 5) is 0.319. The van der Waals surface area contributed by atoms with Gasteiger partial charge in [-0.2, -0.15) is 0 Å². The Morgan fingerprint density at radius 1 is 1.30 bits per heavy atom. The van der Waals surface area contributed by atoms with Crippen LogP contribution in [0.2, 0.25) is 0 Å². The molecule has 112 valence electrons. The van der Waals surface area contributed by atoms with Crippen LogP contribution in [0.15, 0.2) is 29.2 Å². The molecule has 0 unspecified atom stereocenters. The smallest absolute Gasteiger partial charge is 0.242 e. The highest BCUT2D eigenvalue weighted by molar-refractivity contribution is 7.89. The summed E-state index contributed by atoms with van der Waals surface area (Å²) < 4.78 is 26.2. The lowest BCUT2D eigenvalue weighted by atomic mass is 9.82. The molecule has 0 bridgehead atoms. The summed E-state index contributed by atoms with van der Waals surface area (Å²) in [5, 5.41) is 12.3. The van der Waals surface area contributed by atoms with Crippen molar-refractivity contribution in [3.8, 4) is 0 Å². The van der Waals surface area contributed by atoms with Crippen molar-refractivity contribution >= 4 is 10.0 Å². The first kappa shape index (κ1) is 15.4. The molecule has 0 saturated heterocycles. The van der Waals surface area contributed by atoms with Gasteiger partial charge in [-0.05, 0) is 43.5 Å². The number of nitrogens with one attached hydrogen (secondary N) is 1. The van der Waals surface area contributed by atoms with E-state index in [0.29, 0.717) is 24.3 Å². The molecule has 1 fully saturated rings. The third kappa shape index (κ3) is 3.38. The summed E-state index contributed by atoms with van der Waals surface area (Å²) >= 11 is 0. The number of hydrogen-bond donors (Lipinski definition) is 2. The van der Waals surface area contributed by atoms with Gasteiger partial charge in [0.2, 0.25) is 10.0 Å². The van der Waals surface area contributed by atoms with E-state index in [1.165, 1.54) is 4.31 Å². The summed E-state index contributed by atoms with van der Waals surface area (Å²) in [7, 11) is 0.0233. The first-order chi connectivity index (χ1) is 9.43. The molecule has 1 saturated carbocycles. The fourth-order valence-corrected chi connectivity index (χ4v) is 3.72. The second-order valence-corrected chi connectivity index (χ2v) is 7.50. The van der Waals surface area contributed by atoms with Gasteiger partial charge in [0.05, 0.1) is 11.0 Å². The van der Waals surface area contributed by atoms with Gasteiger partial charge in [0, 0.05) is 20.1 Å². The van der Waals surface area contributed by atoms with Gasteiger partial charge >= 0.3 is 0 Å². The Morgan fingerprint density at radius 2 is 1.90 bits per heavy atom. The molecule has 1 aliphatic rings. The highest BCUT2D eigenvalue weighted by atomic mass is 32.2. The highest BCUT2D eigenvalue weighted by Crippen LogP contribution is 2.29. The zero-order valence-corrected chi connectivity index (χ0v) is 12.7. The van der Waals surface area contributed by atoms with Gasteiger partial charge in [0.1, 0.15) is 0 Å². The van der Waals surface area contributed by atoms with Gasteiger partial charge in [-0.15, -0.1) is 0 Å². The van der Waals surface area contributed by atoms with Gasteiger partial charge in [-0.25, -0.2) is 12.7 Å². The van der Waals surface area contributed by atoms with Crippen molar-refractivity contribution in [1.82, 2.24) is 9.62 Å². The third-order valence-corrected chi connectivity index (χ3v) is 5.58. The average Bonchev–Trinajstić information content (AvgIpc) is 2.38. The van der Waals surface area contributed by atoms with Crippen LogP contribution in [-0.4, -0.2) is 44.6 Å². The molecule has 2 rings (SSSR count). The van der Waals surface area contributed by atoms with Crippen LogP contribution in [0, 0.1) is 5.92 Å². The molecule has 0 heterocycles. The van der Waals surface area contributed by atoms with Crippen LogP contribution in [0.4, 0.5) is 0 Å². The monoisotopic (exact) mass is 298 g/mol. The third-order valence-electron chi connectivity index (χ3n) is 3.74. The molecule has 0 radical (unpaired) electrons. The molecule has 0 aromatic heterocycles. The normalized spacial score (nSPS) is 22.8. The molecule has 0 atom stereocenters. The zero-order valence-electron chi connectivity index (χ0n) is 11.9. The number of benzene rings is 1. The van der Waals surface area contributed by atoms with Crippen LogP contribution >= 0.6 is 0 Å². The first-order valence-corrected chi connectivity index (χ1v) is 8.25. The van der Waals surface area contributed by atoms with Crippen LogP contribution in [0.25, 0.3) is 0 Å². The van der Waals surface area contributed by atoms with Crippen molar-refractivity contribution in [1.29, 1.82) is 0 Å². The molecule has 5 nitrogen and oxygen atoms in total. The largest absolute Gasteiger partial charge is 0.393 e. The molecule has 0 amide bonds. The Morgan fingerprint density at radius 3 is 2.40 bits per heavy atom. The van der Waals surface area contributed by atoms with Gasteiger partial charge in [-0.3, -0.25) is 0 Å².